The fourth-order valence-corrected chi connectivity index (χ4v) is 3.29. The van der Waals surface area contributed by atoms with E-state index in [1.54, 1.807) is 7.05 Å². The van der Waals surface area contributed by atoms with Crippen LogP contribution in [-0.2, 0) is 9.53 Å². The summed E-state index contributed by atoms with van der Waals surface area (Å²) in [6.45, 7) is 4.30. The minimum atomic E-state index is -0.0275. The third-order valence-electron chi connectivity index (χ3n) is 4.49. The number of aromatic nitrogens is 2. The minimum absolute atomic E-state index is 0.0275. The van der Waals surface area contributed by atoms with Crippen LogP contribution >= 0.6 is 0 Å². The number of hydrogen-bond acceptors (Lipinski definition) is 5. The Hall–Kier alpha value is -1.69. The summed E-state index contributed by atoms with van der Waals surface area (Å²) in [4.78, 5) is 14.1. The molecule has 1 N–H and O–H groups in total. The van der Waals surface area contributed by atoms with Gasteiger partial charge in [-0.2, -0.15) is 5.10 Å². The second-order valence-electron chi connectivity index (χ2n) is 5.95. The van der Waals surface area contributed by atoms with E-state index in [9.17, 15) is 4.79 Å². The van der Waals surface area contributed by atoms with Crippen molar-refractivity contribution in [2.75, 3.05) is 31.6 Å². The quantitative estimate of drug-likeness (QED) is 0.871. The van der Waals surface area contributed by atoms with E-state index in [0.29, 0.717) is 12.5 Å². The Morgan fingerprint density at radius 1 is 1.43 bits per heavy atom. The Balaban J connectivity index is 1.67. The lowest BCUT2D eigenvalue weighted by molar-refractivity contribution is -0.135. The van der Waals surface area contributed by atoms with Crippen molar-refractivity contribution in [1.82, 2.24) is 15.5 Å². The smallest absolute Gasteiger partial charge is 0.225 e. The van der Waals surface area contributed by atoms with Crippen molar-refractivity contribution >= 4 is 11.7 Å². The summed E-state index contributed by atoms with van der Waals surface area (Å²) in [7, 11) is 1.68. The highest BCUT2D eigenvalue weighted by molar-refractivity contribution is 5.78. The molecule has 3 heterocycles. The molecule has 0 aromatic carbocycles. The summed E-state index contributed by atoms with van der Waals surface area (Å²) in [6, 6.07) is 4.00. The number of hydrogen-bond donors (Lipinski definition) is 1. The van der Waals surface area contributed by atoms with E-state index in [2.05, 4.69) is 20.4 Å². The highest BCUT2D eigenvalue weighted by Gasteiger charge is 2.38. The van der Waals surface area contributed by atoms with Gasteiger partial charge in [-0.1, -0.05) is 0 Å². The summed E-state index contributed by atoms with van der Waals surface area (Å²) in [5.74, 6) is 1.36. The standard InChI is InChI=1S/C15H22N4O2/c1-10-3-4-14(18-17-10)19-6-5-13-11(8-19)7-12(9-21-13)15(20)16-2/h3-4,11-13H,5-9H2,1-2H3,(H,16,20)/t11-,12-,13+/m0/s1. The second kappa shape index (κ2) is 5.97. The maximum absolute atomic E-state index is 11.8. The van der Waals surface area contributed by atoms with E-state index in [1.807, 2.05) is 19.1 Å². The van der Waals surface area contributed by atoms with Gasteiger partial charge < -0.3 is 15.0 Å². The van der Waals surface area contributed by atoms with E-state index in [1.165, 1.54) is 0 Å². The SMILES string of the molecule is CNC(=O)[C@@H]1CO[C@@H]2CCN(c3ccc(C)nn3)C[C@@H]2C1. The van der Waals surface area contributed by atoms with Gasteiger partial charge in [0.1, 0.15) is 0 Å². The van der Waals surface area contributed by atoms with Crippen LogP contribution in [-0.4, -0.2) is 49.0 Å². The number of carbonyl (C=O) groups excluding carboxylic acids is 1. The Labute approximate surface area is 124 Å². The molecule has 1 aromatic rings. The number of rotatable bonds is 2. The van der Waals surface area contributed by atoms with Gasteiger partial charge in [-0.05, 0) is 31.9 Å². The van der Waals surface area contributed by atoms with Crippen LogP contribution in [0.4, 0.5) is 5.82 Å². The number of fused-ring (bicyclic) bond motifs is 1. The predicted molar refractivity (Wildman–Crippen MR) is 79.0 cm³/mol. The van der Waals surface area contributed by atoms with E-state index in [-0.39, 0.29) is 17.9 Å². The highest BCUT2D eigenvalue weighted by Crippen LogP contribution is 2.32. The molecule has 0 bridgehead atoms. The number of carbonyl (C=O) groups is 1. The van der Waals surface area contributed by atoms with E-state index in [4.69, 9.17) is 4.74 Å². The van der Waals surface area contributed by atoms with Crippen LogP contribution in [0.2, 0.25) is 0 Å². The lowest BCUT2D eigenvalue weighted by Gasteiger charge is -2.43. The van der Waals surface area contributed by atoms with Gasteiger partial charge in [0, 0.05) is 26.1 Å². The third kappa shape index (κ3) is 3.00. The molecular weight excluding hydrogens is 268 g/mol. The Morgan fingerprint density at radius 2 is 2.29 bits per heavy atom. The van der Waals surface area contributed by atoms with Crippen LogP contribution in [0.5, 0.6) is 0 Å². The molecule has 0 unspecified atom stereocenters. The summed E-state index contributed by atoms with van der Waals surface area (Å²) in [6.07, 6.45) is 2.15. The van der Waals surface area contributed by atoms with Gasteiger partial charge in [-0.25, -0.2) is 0 Å². The Bertz CT molecular complexity index is 505. The minimum Gasteiger partial charge on any atom is -0.377 e. The van der Waals surface area contributed by atoms with Gasteiger partial charge in [0.2, 0.25) is 5.91 Å². The first-order valence-electron chi connectivity index (χ1n) is 7.56. The molecule has 114 valence electrons. The molecular formula is C15H22N4O2. The molecule has 1 amide bonds. The molecule has 3 rings (SSSR count). The molecule has 0 saturated carbocycles. The monoisotopic (exact) mass is 290 g/mol. The average molecular weight is 290 g/mol. The molecule has 2 aliphatic heterocycles. The zero-order valence-electron chi connectivity index (χ0n) is 12.6. The number of ether oxygens (including phenoxy) is 1. The van der Waals surface area contributed by atoms with Crippen molar-refractivity contribution in [1.29, 1.82) is 0 Å². The first-order chi connectivity index (χ1) is 10.2. The average Bonchev–Trinajstić information content (AvgIpc) is 2.53. The summed E-state index contributed by atoms with van der Waals surface area (Å²) in [5, 5.41) is 11.1. The van der Waals surface area contributed by atoms with Crippen LogP contribution < -0.4 is 10.2 Å². The van der Waals surface area contributed by atoms with Crippen LogP contribution in [0.1, 0.15) is 18.5 Å². The van der Waals surface area contributed by atoms with Gasteiger partial charge in [-0.3, -0.25) is 4.79 Å². The topological polar surface area (TPSA) is 67.3 Å². The maximum atomic E-state index is 11.8. The van der Waals surface area contributed by atoms with Gasteiger partial charge in [0.25, 0.3) is 0 Å². The van der Waals surface area contributed by atoms with Crippen molar-refractivity contribution in [2.45, 2.75) is 25.9 Å². The zero-order valence-corrected chi connectivity index (χ0v) is 12.6. The zero-order chi connectivity index (χ0) is 14.8. The molecule has 3 atom stereocenters. The second-order valence-corrected chi connectivity index (χ2v) is 5.95. The Kier molecular flexibility index (Phi) is 4.05. The molecule has 0 radical (unpaired) electrons. The number of nitrogens with one attached hydrogen (secondary N) is 1. The van der Waals surface area contributed by atoms with Crippen molar-refractivity contribution in [3.63, 3.8) is 0 Å². The van der Waals surface area contributed by atoms with E-state index in [0.717, 1.165) is 37.4 Å². The number of anilines is 1. The molecule has 1 aromatic heterocycles. The lowest BCUT2D eigenvalue weighted by Crippen LogP contribution is -2.50. The molecule has 0 spiro atoms. The van der Waals surface area contributed by atoms with Gasteiger partial charge in [-0.15, -0.1) is 5.10 Å². The first kappa shape index (κ1) is 14.3. The molecule has 6 heteroatoms. The highest BCUT2D eigenvalue weighted by atomic mass is 16.5. The predicted octanol–water partition coefficient (Wildman–Crippen LogP) is 0.762. The summed E-state index contributed by atoms with van der Waals surface area (Å²) >= 11 is 0. The van der Waals surface area contributed by atoms with Crippen molar-refractivity contribution < 1.29 is 9.53 Å². The molecule has 2 fully saturated rings. The van der Waals surface area contributed by atoms with Crippen LogP contribution in [0, 0.1) is 18.8 Å². The normalized spacial score (nSPS) is 28.9. The maximum Gasteiger partial charge on any atom is 0.225 e. The largest absolute Gasteiger partial charge is 0.377 e. The lowest BCUT2D eigenvalue weighted by atomic mass is 9.83. The van der Waals surface area contributed by atoms with Crippen LogP contribution in [0.15, 0.2) is 12.1 Å². The summed E-state index contributed by atoms with van der Waals surface area (Å²) < 4.78 is 5.90. The van der Waals surface area contributed by atoms with Gasteiger partial charge in [0.15, 0.2) is 5.82 Å². The van der Waals surface area contributed by atoms with E-state index < -0.39 is 0 Å². The molecule has 0 aliphatic carbocycles. The molecule has 2 saturated heterocycles. The van der Waals surface area contributed by atoms with Crippen LogP contribution in [0.25, 0.3) is 0 Å². The Morgan fingerprint density at radius 3 is 3.00 bits per heavy atom. The van der Waals surface area contributed by atoms with Crippen molar-refractivity contribution in [3.8, 4) is 0 Å². The fraction of sp³-hybridized carbons (Fsp3) is 0.667. The third-order valence-corrected chi connectivity index (χ3v) is 4.49. The number of aryl methyl sites for hydroxylation is 1. The van der Waals surface area contributed by atoms with Crippen LogP contribution in [0.3, 0.4) is 0 Å². The van der Waals surface area contributed by atoms with Crippen molar-refractivity contribution in [3.05, 3.63) is 17.8 Å². The first-order valence-corrected chi connectivity index (χ1v) is 7.56. The number of amides is 1. The van der Waals surface area contributed by atoms with Crippen molar-refractivity contribution in [2.24, 2.45) is 11.8 Å². The molecule has 21 heavy (non-hydrogen) atoms. The molecule has 2 aliphatic rings. The van der Waals surface area contributed by atoms with Gasteiger partial charge >= 0.3 is 0 Å². The summed E-state index contributed by atoms with van der Waals surface area (Å²) in [5.41, 5.74) is 0.925. The fourth-order valence-electron chi connectivity index (χ4n) is 3.29. The number of piperidine rings is 1. The van der Waals surface area contributed by atoms with Gasteiger partial charge in [0.05, 0.1) is 24.3 Å². The van der Waals surface area contributed by atoms with E-state index >= 15 is 0 Å². The number of nitrogens with zero attached hydrogens (tertiary/aromatic N) is 3. The molecule has 6 nitrogen and oxygen atoms in total.